The fourth-order valence-corrected chi connectivity index (χ4v) is 2.43. The fraction of sp³-hybridized carbons (Fsp3) is 0.167. The lowest BCUT2D eigenvalue weighted by Gasteiger charge is -2.07. The summed E-state index contributed by atoms with van der Waals surface area (Å²) in [5, 5.41) is 15.8. The van der Waals surface area contributed by atoms with Crippen molar-refractivity contribution in [2.24, 2.45) is 0 Å². The van der Waals surface area contributed by atoms with Gasteiger partial charge in [-0.2, -0.15) is 0 Å². The first kappa shape index (κ1) is 18.1. The minimum absolute atomic E-state index is 0.105. The molecule has 0 spiro atoms. The third-order valence-electron chi connectivity index (χ3n) is 3.75. The Labute approximate surface area is 153 Å². The fourth-order valence-electron chi connectivity index (χ4n) is 2.43. The third kappa shape index (κ3) is 4.27. The van der Waals surface area contributed by atoms with Crippen molar-refractivity contribution in [1.29, 1.82) is 0 Å². The molecule has 0 aliphatic carbocycles. The first-order valence-electron chi connectivity index (χ1n) is 8.18. The summed E-state index contributed by atoms with van der Waals surface area (Å²) in [4.78, 5) is 38.6. The average molecular weight is 368 g/mol. The number of carbonyl (C=O) groups excluding carboxylic acids is 2. The van der Waals surface area contributed by atoms with E-state index >= 15 is 0 Å². The van der Waals surface area contributed by atoms with E-state index in [0.29, 0.717) is 29.1 Å². The smallest absolute Gasteiger partial charge is 0.270 e. The lowest BCUT2D eigenvalue weighted by atomic mass is 10.2. The van der Waals surface area contributed by atoms with E-state index in [-0.39, 0.29) is 17.8 Å². The van der Waals surface area contributed by atoms with Crippen LogP contribution in [0.5, 0.6) is 0 Å². The summed E-state index contributed by atoms with van der Waals surface area (Å²) in [6.07, 6.45) is 0.667. The van der Waals surface area contributed by atoms with Crippen molar-refractivity contribution in [2.75, 3.05) is 11.9 Å². The van der Waals surface area contributed by atoms with Crippen LogP contribution in [0.4, 0.5) is 11.4 Å². The van der Waals surface area contributed by atoms with E-state index < -0.39 is 16.7 Å². The molecule has 138 valence electrons. The molecule has 3 aromatic rings. The molecule has 0 bridgehead atoms. The number of nitrogens with one attached hydrogen (secondary N) is 2. The quantitative estimate of drug-likeness (QED) is 0.508. The summed E-state index contributed by atoms with van der Waals surface area (Å²) in [5.74, 6) is -0.404. The minimum atomic E-state index is -0.590. The van der Waals surface area contributed by atoms with Gasteiger partial charge >= 0.3 is 0 Å². The summed E-state index contributed by atoms with van der Waals surface area (Å²) in [6, 6.07) is 10.3. The molecule has 0 saturated heterocycles. The van der Waals surface area contributed by atoms with E-state index in [1.807, 2.05) is 6.92 Å². The Hall–Kier alpha value is -3.75. The van der Waals surface area contributed by atoms with Crippen molar-refractivity contribution in [3.8, 4) is 0 Å². The van der Waals surface area contributed by atoms with Crippen LogP contribution in [0.15, 0.2) is 46.9 Å². The molecule has 0 fully saturated rings. The van der Waals surface area contributed by atoms with Crippen molar-refractivity contribution in [1.82, 2.24) is 10.3 Å². The number of hydrogen-bond acceptors (Lipinski definition) is 6. The molecule has 2 amide bonds. The molecule has 9 heteroatoms. The number of rotatable bonds is 6. The molecule has 27 heavy (non-hydrogen) atoms. The number of oxazole rings is 1. The number of non-ortho nitro benzene ring substituents is 1. The largest absolute Gasteiger partial charge is 0.441 e. The van der Waals surface area contributed by atoms with E-state index in [2.05, 4.69) is 15.6 Å². The molecule has 2 aromatic carbocycles. The maximum atomic E-state index is 12.1. The van der Waals surface area contributed by atoms with Gasteiger partial charge in [-0.15, -0.1) is 0 Å². The van der Waals surface area contributed by atoms with Gasteiger partial charge in [0.1, 0.15) is 5.52 Å². The number of fused-ring (bicyclic) bond motifs is 1. The van der Waals surface area contributed by atoms with Crippen molar-refractivity contribution < 1.29 is 18.9 Å². The first-order chi connectivity index (χ1) is 13.0. The second-order valence-electron chi connectivity index (χ2n) is 5.68. The molecule has 0 aliphatic heterocycles. The monoisotopic (exact) mass is 368 g/mol. The van der Waals surface area contributed by atoms with Gasteiger partial charge in [0.2, 0.25) is 5.91 Å². The summed E-state index contributed by atoms with van der Waals surface area (Å²) >= 11 is 0. The van der Waals surface area contributed by atoms with Gasteiger partial charge in [-0.3, -0.25) is 19.7 Å². The molecule has 0 radical (unpaired) electrons. The molecular weight excluding hydrogens is 352 g/mol. The second-order valence-corrected chi connectivity index (χ2v) is 5.68. The van der Waals surface area contributed by atoms with Crippen LogP contribution in [-0.2, 0) is 11.2 Å². The summed E-state index contributed by atoms with van der Waals surface area (Å²) in [6.45, 7) is 1.65. The van der Waals surface area contributed by atoms with Crippen LogP contribution in [0.2, 0.25) is 0 Å². The number of nitro benzene ring substituents is 1. The number of hydrogen-bond donors (Lipinski definition) is 2. The van der Waals surface area contributed by atoms with Crippen molar-refractivity contribution in [3.63, 3.8) is 0 Å². The van der Waals surface area contributed by atoms with Gasteiger partial charge in [-0.05, 0) is 24.3 Å². The molecule has 9 nitrogen and oxygen atoms in total. The molecule has 2 N–H and O–H groups in total. The van der Waals surface area contributed by atoms with Crippen LogP contribution in [0.1, 0.15) is 23.2 Å². The molecule has 1 heterocycles. The molecule has 0 saturated carbocycles. The normalized spacial score (nSPS) is 10.6. The van der Waals surface area contributed by atoms with Crippen molar-refractivity contribution in [3.05, 3.63) is 64.0 Å². The molecular formula is C18H16N4O5. The Morgan fingerprint density at radius 1 is 1.22 bits per heavy atom. The third-order valence-corrected chi connectivity index (χ3v) is 3.75. The Morgan fingerprint density at radius 2 is 2.04 bits per heavy atom. The number of nitrogens with zero attached hydrogens (tertiary/aromatic N) is 2. The zero-order valence-electron chi connectivity index (χ0n) is 14.4. The van der Waals surface area contributed by atoms with Crippen LogP contribution >= 0.6 is 0 Å². The highest BCUT2D eigenvalue weighted by Crippen LogP contribution is 2.20. The summed E-state index contributed by atoms with van der Waals surface area (Å²) in [7, 11) is 0. The second kappa shape index (κ2) is 7.65. The molecule has 0 aliphatic rings. The van der Waals surface area contributed by atoms with Gasteiger partial charge in [0, 0.05) is 29.8 Å². The number of amides is 2. The van der Waals surface area contributed by atoms with Crippen molar-refractivity contribution >= 4 is 34.3 Å². The minimum Gasteiger partial charge on any atom is -0.441 e. The number of aryl methyl sites for hydroxylation is 1. The van der Waals surface area contributed by atoms with Gasteiger partial charge < -0.3 is 15.1 Å². The lowest BCUT2D eigenvalue weighted by molar-refractivity contribution is -0.384. The number of anilines is 1. The van der Waals surface area contributed by atoms with Gasteiger partial charge in [-0.25, -0.2) is 4.98 Å². The lowest BCUT2D eigenvalue weighted by Crippen LogP contribution is -2.32. The van der Waals surface area contributed by atoms with Crippen LogP contribution in [0.3, 0.4) is 0 Å². The highest BCUT2D eigenvalue weighted by molar-refractivity contribution is 6.00. The molecule has 0 unspecified atom stereocenters. The Kier molecular flexibility index (Phi) is 5.11. The predicted molar refractivity (Wildman–Crippen MR) is 97.4 cm³/mol. The van der Waals surface area contributed by atoms with Crippen LogP contribution in [-0.4, -0.2) is 28.3 Å². The van der Waals surface area contributed by atoms with E-state index in [0.717, 1.165) is 6.07 Å². The van der Waals surface area contributed by atoms with Crippen LogP contribution in [0.25, 0.3) is 11.1 Å². The Bertz CT molecular complexity index is 1030. The van der Waals surface area contributed by atoms with Crippen LogP contribution in [0, 0.1) is 10.1 Å². The van der Waals surface area contributed by atoms with E-state index in [9.17, 15) is 19.7 Å². The highest BCUT2D eigenvalue weighted by Gasteiger charge is 2.13. The number of carbonyl (C=O) groups is 2. The maximum Gasteiger partial charge on any atom is 0.270 e. The van der Waals surface area contributed by atoms with Crippen LogP contribution < -0.4 is 10.6 Å². The predicted octanol–water partition coefficient (Wildman–Crippen LogP) is 2.67. The van der Waals surface area contributed by atoms with E-state index in [4.69, 9.17) is 4.42 Å². The average Bonchev–Trinajstić information content (AvgIpc) is 3.08. The van der Waals surface area contributed by atoms with Gasteiger partial charge in [0.25, 0.3) is 11.6 Å². The van der Waals surface area contributed by atoms with E-state index in [1.165, 1.54) is 18.2 Å². The van der Waals surface area contributed by atoms with Gasteiger partial charge in [0.05, 0.1) is 11.5 Å². The number of nitro groups is 1. The summed E-state index contributed by atoms with van der Waals surface area (Å²) < 4.78 is 5.50. The number of aromatic nitrogens is 1. The first-order valence-corrected chi connectivity index (χ1v) is 8.18. The zero-order chi connectivity index (χ0) is 19.4. The molecule has 1 aromatic heterocycles. The molecule has 0 atom stereocenters. The molecule has 3 rings (SSSR count). The van der Waals surface area contributed by atoms with Crippen molar-refractivity contribution in [2.45, 2.75) is 13.3 Å². The number of benzene rings is 2. The van der Waals surface area contributed by atoms with Gasteiger partial charge in [-0.1, -0.05) is 13.0 Å². The Morgan fingerprint density at radius 3 is 2.78 bits per heavy atom. The topological polar surface area (TPSA) is 127 Å². The SMILES string of the molecule is CCc1nc2cc(NC(=O)CNC(=O)c3cccc([N+](=O)[O-])c3)ccc2o1. The maximum absolute atomic E-state index is 12.1. The zero-order valence-corrected chi connectivity index (χ0v) is 14.4. The highest BCUT2D eigenvalue weighted by atomic mass is 16.6. The summed E-state index contributed by atoms with van der Waals surface area (Å²) in [5.41, 5.74) is 1.69. The van der Waals surface area contributed by atoms with Gasteiger partial charge in [0.15, 0.2) is 11.5 Å². The van der Waals surface area contributed by atoms with E-state index in [1.54, 1.807) is 18.2 Å². The standard InChI is InChI=1S/C18H16N4O5/c1-2-17-21-14-9-12(6-7-15(14)27-17)20-16(23)10-19-18(24)11-4-3-5-13(8-11)22(25)26/h3-9H,2,10H2,1H3,(H,19,24)(H,20,23). The Balaban J connectivity index is 1.60.